The number of aromatic nitrogens is 2. The van der Waals surface area contributed by atoms with Gasteiger partial charge in [0.15, 0.2) is 0 Å². The van der Waals surface area contributed by atoms with Gasteiger partial charge in [0.2, 0.25) is 0 Å². The van der Waals surface area contributed by atoms with Gasteiger partial charge in [-0.3, -0.25) is 9.59 Å². The van der Waals surface area contributed by atoms with Crippen LogP contribution in [0, 0.1) is 19.3 Å². The number of piperidine rings is 1. The van der Waals surface area contributed by atoms with Crippen molar-refractivity contribution in [3.8, 4) is 0 Å². The number of aryl methyl sites for hydroxylation is 3. The van der Waals surface area contributed by atoms with Crippen molar-refractivity contribution in [1.82, 2.24) is 14.9 Å². The summed E-state index contributed by atoms with van der Waals surface area (Å²) in [5, 5.41) is 0. The maximum atomic E-state index is 13.1. The highest BCUT2D eigenvalue weighted by atomic mass is 16.5. The summed E-state index contributed by atoms with van der Waals surface area (Å²) in [7, 11) is 0. The molecule has 29 heavy (non-hydrogen) atoms. The molecule has 1 aromatic carbocycles. The molecule has 1 aromatic heterocycles. The van der Waals surface area contributed by atoms with Gasteiger partial charge in [0.25, 0.3) is 5.91 Å². The van der Waals surface area contributed by atoms with Crippen LogP contribution in [0.15, 0.2) is 36.4 Å². The summed E-state index contributed by atoms with van der Waals surface area (Å²) in [5.74, 6) is 0.223. The molecule has 2 aromatic rings. The Balaban J connectivity index is 1.82. The van der Waals surface area contributed by atoms with Gasteiger partial charge in [-0.2, -0.15) is 0 Å². The average molecular weight is 396 g/mol. The number of nitrogens with zero attached hydrogens (tertiary/aromatic N) is 3. The first-order valence-corrected chi connectivity index (χ1v) is 10.3. The fraction of sp³-hybridized carbons (Fsp3) is 0.478. The van der Waals surface area contributed by atoms with Crippen molar-refractivity contribution < 1.29 is 14.3 Å². The SMILES string of the molecule is CCOC(=O)[C@]1(CCc2ccccc2)CCCN(C(=O)c2cc(C)nc(C)n2)C1. The lowest BCUT2D eigenvalue weighted by molar-refractivity contribution is -0.159. The summed E-state index contributed by atoms with van der Waals surface area (Å²) >= 11 is 0. The predicted molar refractivity (Wildman–Crippen MR) is 110 cm³/mol. The molecule has 0 N–H and O–H groups in total. The number of ether oxygens (including phenoxy) is 1. The predicted octanol–water partition coefficient (Wildman–Crippen LogP) is 3.51. The largest absolute Gasteiger partial charge is 0.466 e. The Morgan fingerprint density at radius 2 is 1.93 bits per heavy atom. The summed E-state index contributed by atoms with van der Waals surface area (Å²) < 4.78 is 5.44. The molecule has 2 heterocycles. The third-order valence-corrected chi connectivity index (χ3v) is 5.49. The Morgan fingerprint density at radius 3 is 2.62 bits per heavy atom. The lowest BCUT2D eigenvalue weighted by Crippen LogP contribution is -2.51. The monoisotopic (exact) mass is 395 g/mol. The van der Waals surface area contributed by atoms with Gasteiger partial charge in [-0.05, 0) is 58.1 Å². The van der Waals surface area contributed by atoms with E-state index in [2.05, 4.69) is 22.1 Å². The van der Waals surface area contributed by atoms with Gasteiger partial charge >= 0.3 is 5.97 Å². The maximum absolute atomic E-state index is 13.1. The number of hydrogen-bond donors (Lipinski definition) is 0. The molecule has 6 nitrogen and oxygen atoms in total. The molecule has 1 saturated heterocycles. The summed E-state index contributed by atoms with van der Waals surface area (Å²) in [5.41, 5.74) is 1.65. The second-order valence-electron chi connectivity index (χ2n) is 7.76. The number of hydrogen-bond acceptors (Lipinski definition) is 5. The highest BCUT2D eigenvalue weighted by Crippen LogP contribution is 2.36. The van der Waals surface area contributed by atoms with E-state index in [-0.39, 0.29) is 11.9 Å². The minimum Gasteiger partial charge on any atom is -0.466 e. The van der Waals surface area contributed by atoms with E-state index < -0.39 is 5.41 Å². The average Bonchev–Trinajstić information content (AvgIpc) is 2.72. The van der Waals surface area contributed by atoms with Gasteiger partial charge in [-0.25, -0.2) is 9.97 Å². The van der Waals surface area contributed by atoms with Gasteiger partial charge in [0.1, 0.15) is 11.5 Å². The zero-order valence-corrected chi connectivity index (χ0v) is 17.5. The Labute approximate surface area is 172 Å². The van der Waals surface area contributed by atoms with Crippen molar-refractivity contribution in [3.05, 3.63) is 59.2 Å². The fourth-order valence-electron chi connectivity index (χ4n) is 4.08. The summed E-state index contributed by atoms with van der Waals surface area (Å²) in [6.45, 7) is 6.77. The van der Waals surface area contributed by atoms with Crippen molar-refractivity contribution in [3.63, 3.8) is 0 Å². The van der Waals surface area contributed by atoms with Crippen LogP contribution in [0.2, 0.25) is 0 Å². The fourth-order valence-corrected chi connectivity index (χ4v) is 4.08. The molecule has 3 rings (SSSR count). The molecule has 1 aliphatic rings. The van der Waals surface area contributed by atoms with Crippen LogP contribution in [0.1, 0.15) is 53.8 Å². The lowest BCUT2D eigenvalue weighted by atomic mass is 9.75. The van der Waals surface area contributed by atoms with Crippen LogP contribution in [0.5, 0.6) is 0 Å². The van der Waals surface area contributed by atoms with E-state index in [0.29, 0.717) is 37.6 Å². The first kappa shape index (κ1) is 21.0. The highest BCUT2D eigenvalue weighted by molar-refractivity contribution is 5.93. The van der Waals surface area contributed by atoms with Crippen LogP contribution in [-0.4, -0.2) is 46.4 Å². The normalized spacial score (nSPS) is 19.1. The van der Waals surface area contributed by atoms with Gasteiger partial charge in [-0.15, -0.1) is 0 Å². The molecule has 6 heteroatoms. The van der Waals surface area contributed by atoms with Crippen molar-refractivity contribution in [2.45, 2.75) is 46.5 Å². The van der Waals surface area contributed by atoms with Gasteiger partial charge < -0.3 is 9.64 Å². The van der Waals surface area contributed by atoms with Crippen LogP contribution in [0.4, 0.5) is 0 Å². The molecule has 0 radical (unpaired) electrons. The minimum absolute atomic E-state index is 0.147. The molecule has 0 aliphatic carbocycles. The van der Waals surface area contributed by atoms with Crippen molar-refractivity contribution in [2.24, 2.45) is 5.41 Å². The van der Waals surface area contributed by atoms with E-state index in [1.807, 2.05) is 32.0 Å². The molecule has 0 spiro atoms. The van der Waals surface area contributed by atoms with Crippen molar-refractivity contribution in [1.29, 1.82) is 0 Å². The molecule has 0 unspecified atom stereocenters. The first-order valence-electron chi connectivity index (χ1n) is 10.3. The number of rotatable bonds is 6. The highest BCUT2D eigenvalue weighted by Gasteiger charge is 2.44. The molecule has 154 valence electrons. The minimum atomic E-state index is -0.684. The van der Waals surface area contributed by atoms with E-state index in [4.69, 9.17) is 4.74 Å². The molecule has 1 aliphatic heterocycles. The lowest BCUT2D eigenvalue weighted by Gasteiger charge is -2.41. The number of benzene rings is 1. The number of carbonyl (C=O) groups excluding carboxylic acids is 2. The quantitative estimate of drug-likeness (QED) is 0.700. The molecule has 1 fully saturated rings. The standard InChI is InChI=1S/C23H29N3O3/c1-4-29-22(28)23(13-11-19-9-6-5-7-10-19)12-8-14-26(16-23)21(27)20-15-17(2)24-18(3)25-20/h5-7,9-10,15H,4,8,11-14,16H2,1-3H3/t23-/m0/s1. The third-order valence-electron chi connectivity index (χ3n) is 5.49. The Bertz CT molecular complexity index is 849. The molecular weight excluding hydrogens is 366 g/mol. The van der Waals surface area contributed by atoms with Gasteiger partial charge in [0.05, 0.1) is 12.0 Å². The number of carbonyl (C=O) groups is 2. The van der Waals surface area contributed by atoms with Crippen molar-refractivity contribution >= 4 is 11.9 Å². The maximum Gasteiger partial charge on any atom is 0.313 e. The molecule has 1 amide bonds. The Hall–Kier alpha value is -2.76. The Morgan fingerprint density at radius 1 is 1.17 bits per heavy atom. The number of likely N-dealkylation sites (tertiary alicyclic amines) is 1. The number of esters is 1. The summed E-state index contributed by atoms with van der Waals surface area (Å²) in [6.07, 6.45) is 2.92. The first-order chi connectivity index (χ1) is 13.9. The molecule has 0 saturated carbocycles. The van der Waals surface area contributed by atoms with Crippen LogP contribution >= 0.6 is 0 Å². The van der Waals surface area contributed by atoms with Crippen LogP contribution in [0.3, 0.4) is 0 Å². The van der Waals surface area contributed by atoms with E-state index >= 15 is 0 Å². The van der Waals surface area contributed by atoms with E-state index in [1.165, 1.54) is 5.56 Å². The smallest absolute Gasteiger partial charge is 0.313 e. The van der Waals surface area contributed by atoms with E-state index in [1.54, 1.807) is 17.9 Å². The molecule has 1 atom stereocenters. The number of amides is 1. The van der Waals surface area contributed by atoms with Crippen molar-refractivity contribution in [2.75, 3.05) is 19.7 Å². The Kier molecular flexibility index (Phi) is 6.62. The molecular formula is C23H29N3O3. The van der Waals surface area contributed by atoms with Crippen LogP contribution < -0.4 is 0 Å². The summed E-state index contributed by atoms with van der Waals surface area (Å²) in [4.78, 5) is 36.4. The van der Waals surface area contributed by atoms with E-state index in [0.717, 1.165) is 25.0 Å². The second kappa shape index (κ2) is 9.16. The zero-order valence-electron chi connectivity index (χ0n) is 17.5. The molecule has 0 bridgehead atoms. The second-order valence-corrected chi connectivity index (χ2v) is 7.76. The van der Waals surface area contributed by atoms with E-state index in [9.17, 15) is 9.59 Å². The van der Waals surface area contributed by atoms with Gasteiger partial charge in [0, 0.05) is 18.8 Å². The summed E-state index contributed by atoms with van der Waals surface area (Å²) in [6, 6.07) is 11.8. The topological polar surface area (TPSA) is 72.4 Å². The van der Waals surface area contributed by atoms with Crippen LogP contribution in [0.25, 0.3) is 0 Å². The zero-order chi connectivity index (χ0) is 20.9. The van der Waals surface area contributed by atoms with Gasteiger partial charge in [-0.1, -0.05) is 30.3 Å². The third kappa shape index (κ3) is 5.00. The van der Waals surface area contributed by atoms with Crippen LogP contribution in [-0.2, 0) is 16.0 Å².